The van der Waals surface area contributed by atoms with Crippen LogP contribution in [0.25, 0.3) is 11.8 Å². The molecule has 1 aliphatic rings. The zero-order valence-electron chi connectivity index (χ0n) is 17.8. The van der Waals surface area contributed by atoms with Gasteiger partial charge < -0.3 is 4.57 Å². The van der Waals surface area contributed by atoms with Crippen molar-refractivity contribution in [1.82, 2.24) is 4.57 Å². The molecule has 34 heavy (non-hydrogen) atoms. The van der Waals surface area contributed by atoms with E-state index in [1.807, 2.05) is 89.6 Å². The van der Waals surface area contributed by atoms with Crippen LogP contribution in [0.5, 0.6) is 0 Å². The summed E-state index contributed by atoms with van der Waals surface area (Å²) in [4.78, 5) is 30.9. The van der Waals surface area contributed by atoms with Gasteiger partial charge in [0.1, 0.15) is 0 Å². The maximum Gasteiger partial charge on any atom is 0.271 e. The molecule has 1 aliphatic heterocycles. The fourth-order valence-electron chi connectivity index (χ4n) is 3.58. The van der Waals surface area contributed by atoms with E-state index in [9.17, 15) is 14.9 Å². The Morgan fingerprint density at radius 2 is 1.50 bits per heavy atom. The van der Waals surface area contributed by atoms with Gasteiger partial charge in [-0.15, -0.1) is 0 Å². The Bertz CT molecular complexity index is 1410. The Balaban J connectivity index is 1.53. The van der Waals surface area contributed by atoms with Gasteiger partial charge in [0.05, 0.1) is 21.2 Å². The second-order valence-corrected chi connectivity index (χ2v) is 8.40. The first kappa shape index (κ1) is 21.4. The first-order valence-corrected chi connectivity index (χ1v) is 11.3. The van der Waals surface area contributed by atoms with Crippen LogP contribution in [0.3, 0.4) is 0 Å². The number of nitro groups is 1. The maximum absolute atomic E-state index is 13.5. The number of amidine groups is 1. The summed E-state index contributed by atoms with van der Waals surface area (Å²) in [7, 11) is 0. The molecule has 1 saturated heterocycles. The molecule has 0 bridgehead atoms. The van der Waals surface area contributed by atoms with E-state index in [1.54, 1.807) is 17.0 Å². The molecule has 0 saturated carbocycles. The van der Waals surface area contributed by atoms with Gasteiger partial charge in [-0.25, -0.2) is 4.99 Å². The number of benzene rings is 3. The molecule has 0 atom stereocenters. The van der Waals surface area contributed by atoms with Gasteiger partial charge in [0, 0.05) is 29.7 Å². The van der Waals surface area contributed by atoms with Crippen molar-refractivity contribution in [3.63, 3.8) is 0 Å². The molecule has 0 unspecified atom stereocenters. The van der Waals surface area contributed by atoms with Crippen molar-refractivity contribution in [2.45, 2.75) is 0 Å². The minimum atomic E-state index is -0.429. The third kappa shape index (κ3) is 4.26. The fraction of sp³-hybridized carbons (Fsp3) is 0. The van der Waals surface area contributed by atoms with Crippen molar-refractivity contribution in [2.24, 2.45) is 4.99 Å². The summed E-state index contributed by atoms with van der Waals surface area (Å²) >= 11 is 1.31. The van der Waals surface area contributed by atoms with Crippen molar-refractivity contribution in [1.29, 1.82) is 0 Å². The Morgan fingerprint density at radius 1 is 0.824 bits per heavy atom. The molecule has 1 fully saturated rings. The number of aliphatic imine (C=N–C) groups is 1. The van der Waals surface area contributed by atoms with Gasteiger partial charge in [0.2, 0.25) is 0 Å². The van der Waals surface area contributed by atoms with Gasteiger partial charge in [0.25, 0.3) is 11.6 Å². The Kier molecular flexibility index (Phi) is 5.80. The summed E-state index contributed by atoms with van der Waals surface area (Å²) in [6.45, 7) is 0. The van der Waals surface area contributed by atoms with Gasteiger partial charge in [-0.1, -0.05) is 36.4 Å². The molecule has 0 aliphatic carbocycles. The van der Waals surface area contributed by atoms with Crippen LogP contribution < -0.4 is 4.90 Å². The topological polar surface area (TPSA) is 80.7 Å². The van der Waals surface area contributed by atoms with Crippen LogP contribution in [0, 0.1) is 10.1 Å². The average Bonchev–Trinajstić information content (AvgIpc) is 3.45. The smallest absolute Gasteiger partial charge is 0.271 e. The van der Waals surface area contributed by atoms with Gasteiger partial charge in [-0.3, -0.25) is 19.8 Å². The van der Waals surface area contributed by atoms with Crippen molar-refractivity contribution in [3.05, 3.63) is 124 Å². The number of carbonyl (C=O) groups is 1. The Hall–Kier alpha value is -4.43. The minimum Gasteiger partial charge on any atom is -0.317 e. The van der Waals surface area contributed by atoms with Crippen molar-refractivity contribution in [2.75, 3.05) is 4.90 Å². The van der Waals surface area contributed by atoms with E-state index in [0.29, 0.717) is 10.1 Å². The van der Waals surface area contributed by atoms with E-state index in [2.05, 4.69) is 0 Å². The van der Waals surface area contributed by atoms with Crippen molar-refractivity contribution in [3.8, 4) is 5.69 Å². The molecule has 166 valence electrons. The highest BCUT2D eigenvalue weighted by atomic mass is 32.2. The van der Waals surface area contributed by atoms with Crippen LogP contribution in [-0.2, 0) is 4.79 Å². The maximum atomic E-state index is 13.5. The molecule has 7 nitrogen and oxygen atoms in total. The number of anilines is 1. The molecule has 5 rings (SSSR count). The molecule has 3 aromatic carbocycles. The van der Waals surface area contributed by atoms with E-state index in [0.717, 1.165) is 22.8 Å². The summed E-state index contributed by atoms with van der Waals surface area (Å²) < 4.78 is 1.88. The monoisotopic (exact) mass is 466 g/mol. The van der Waals surface area contributed by atoms with Crippen molar-refractivity contribution >= 4 is 46.0 Å². The summed E-state index contributed by atoms with van der Waals surface area (Å²) in [5, 5.41) is 11.5. The first-order chi connectivity index (χ1) is 16.6. The number of amides is 1. The highest BCUT2D eigenvalue weighted by Gasteiger charge is 2.34. The van der Waals surface area contributed by atoms with E-state index in [-0.39, 0.29) is 11.6 Å². The third-order valence-electron chi connectivity index (χ3n) is 5.20. The molecule has 0 radical (unpaired) electrons. The standard InChI is InChI=1S/C26H18N4O3S/c31-25-24(18-23-12-7-17-28(23)20-13-15-22(16-14-20)30(32)33)34-26(27-19-8-3-1-4-9-19)29(25)21-10-5-2-6-11-21/h1-18H/b24-18-,27-26?. The minimum absolute atomic E-state index is 0.0256. The lowest BCUT2D eigenvalue weighted by molar-refractivity contribution is -0.384. The predicted octanol–water partition coefficient (Wildman–Crippen LogP) is 6.19. The second-order valence-electron chi connectivity index (χ2n) is 7.39. The van der Waals surface area contributed by atoms with Crippen LogP contribution in [-0.4, -0.2) is 20.6 Å². The average molecular weight is 467 g/mol. The fourth-order valence-corrected chi connectivity index (χ4v) is 4.57. The number of para-hydroxylation sites is 2. The number of carbonyl (C=O) groups excluding carboxylic acids is 1. The van der Waals surface area contributed by atoms with E-state index < -0.39 is 4.92 Å². The molecule has 1 aromatic heterocycles. The Morgan fingerprint density at radius 3 is 2.18 bits per heavy atom. The summed E-state index contributed by atoms with van der Waals surface area (Å²) in [5.74, 6) is -0.165. The van der Waals surface area contributed by atoms with Gasteiger partial charge >= 0.3 is 0 Å². The van der Waals surface area contributed by atoms with E-state index in [4.69, 9.17) is 4.99 Å². The zero-order chi connectivity index (χ0) is 23.5. The van der Waals surface area contributed by atoms with Gasteiger partial charge in [-0.2, -0.15) is 0 Å². The largest absolute Gasteiger partial charge is 0.317 e. The molecule has 0 N–H and O–H groups in total. The van der Waals surface area contributed by atoms with Gasteiger partial charge in [-0.05, 0) is 66.4 Å². The van der Waals surface area contributed by atoms with Crippen LogP contribution in [0.1, 0.15) is 5.69 Å². The van der Waals surface area contributed by atoms with E-state index in [1.165, 1.54) is 23.9 Å². The number of thioether (sulfide) groups is 1. The molecular weight excluding hydrogens is 448 g/mol. The summed E-state index contributed by atoms with van der Waals surface area (Å²) in [6, 6.07) is 29.0. The second kappa shape index (κ2) is 9.21. The number of rotatable bonds is 5. The number of non-ortho nitro benzene ring substituents is 1. The lowest BCUT2D eigenvalue weighted by Gasteiger charge is -2.15. The number of hydrogen-bond donors (Lipinski definition) is 0. The Labute approximate surface area is 199 Å². The highest BCUT2D eigenvalue weighted by Crippen LogP contribution is 2.37. The molecule has 4 aromatic rings. The molecular formula is C26H18N4O3S. The SMILES string of the molecule is O=C1/C(=C/c2cccn2-c2ccc([N+](=O)[O-])cc2)SC(=Nc2ccccc2)N1c1ccccc1. The zero-order valence-corrected chi connectivity index (χ0v) is 18.6. The van der Waals surface area contributed by atoms with Crippen LogP contribution in [0.2, 0.25) is 0 Å². The summed E-state index contributed by atoms with van der Waals surface area (Å²) in [6.07, 6.45) is 3.67. The molecule has 0 spiro atoms. The third-order valence-corrected chi connectivity index (χ3v) is 6.17. The highest BCUT2D eigenvalue weighted by molar-refractivity contribution is 8.19. The number of hydrogen-bond acceptors (Lipinski definition) is 5. The lowest BCUT2D eigenvalue weighted by atomic mass is 10.2. The lowest BCUT2D eigenvalue weighted by Crippen LogP contribution is -2.28. The normalized spacial score (nSPS) is 15.9. The molecule has 2 heterocycles. The first-order valence-electron chi connectivity index (χ1n) is 10.5. The molecule has 8 heteroatoms. The number of nitro benzene ring substituents is 1. The van der Waals surface area contributed by atoms with Crippen LogP contribution >= 0.6 is 11.8 Å². The van der Waals surface area contributed by atoms with Crippen LogP contribution in [0.4, 0.5) is 17.1 Å². The number of aromatic nitrogens is 1. The molecule has 1 amide bonds. The summed E-state index contributed by atoms with van der Waals surface area (Å²) in [5.41, 5.74) is 3.06. The number of nitrogens with zero attached hydrogens (tertiary/aromatic N) is 4. The van der Waals surface area contributed by atoms with Gasteiger partial charge in [0.15, 0.2) is 5.17 Å². The van der Waals surface area contributed by atoms with Crippen LogP contribution in [0.15, 0.2) is 113 Å². The quantitative estimate of drug-likeness (QED) is 0.199. The van der Waals surface area contributed by atoms with Crippen molar-refractivity contribution < 1.29 is 9.72 Å². The van der Waals surface area contributed by atoms with E-state index >= 15 is 0 Å². The predicted molar refractivity (Wildman–Crippen MR) is 135 cm³/mol.